The molecular formula is C12H18BrN3O. The third kappa shape index (κ3) is 4.83. The van der Waals surface area contributed by atoms with Gasteiger partial charge in [-0.15, -0.1) is 0 Å². The number of pyridine rings is 1. The quantitative estimate of drug-likeness (QED) is 0.878. The fraction of sp³-hybridized carbons (Fsp3) is 0.500. The van der Waals surface area contributed by atoms with Crippen molar-refractivity contribution in [3.63, 3.8) is 0 Å². The Balaban J connectivity index is 2.53. The Morgan fingerprint density at radius 1 is 1.59 bits per heavy atom. The van der Waals surface area contributed by atoms with Crippen molar-refractivity contribution in [1.29, 1.82) is 0 Å². The minimum Gasteiger partial charge on any atom is -0.327 e. The minimum atomic E-state index is -0.0832. The van der Waals surface area contributed by atoms with Gasteiger partial charge in [0.15, 0.2) is 0 Å². The van der Waals surface area contributed by atoms with Crippen LogP contribution in [0.15, 0.2) is 16.6 Å². The van der Waals surface area contributed by atoms with Crippen LogP contribution in [-0.4, -0.2) is 16.9 Å². The van der Waals surface area contributed by atoms with E-state index in [1.807, 2.05) is 13.0 Å². The summed E-state index contributed by atoms with van der Waals surface area (Å²) in [4.78, 5) is 15.9. The fourth-order valence-electron chi connectivity index (χ4n) is 1.52. The summed E-state index contributed by atoms with van der Waals surface area (Å²) in [5, 5.41) is 2.75. The number of aryl methyl sites for hydroxylation is 1. The van der Waals surface area contributed by atoms with Crippen LogP contribution in [0.4, 0.5) is 5.82 Å². The van der Waals surface area contributed by atoms with Crippen LogP contribution in [0, 0.1) is 6.92 Å². The Kier molecular flexibility index (Phi) is 5.58. The number of anilines is 1. The minimum absolute atomic E-state index is 0.0726. The van der Waals surface area contributed by atoms with Gasteiger partial charge in [0.25, 0.3) is 0 Å². The zero-order valence-corrected chi connectivity index (χ0v) is 11.8. The van der Waals surface area contributed by atoms with Gasteiger partial charge in [0.1, 0.15) is 5.82 Å². The number of amides is 1. The highest BCUT2D eigenvalue weighted by Crippen LogP contribution is 2.16. The van der Waals surface area contributed by atoms with Crippen LogP contribution >= 0.6 is 15.9 Å². The molecule has 1 aromatic heterocycles. The molecular weight excluding hydrogens is 282 g/mol. The molecule has 1 aromatic rings. The highest BCUT2D eigenvalue weighted by molar-refractivity contribution is 9.10. The van der Waals surface area contributed by atoms with Gasteiger partial charge in [-0.1, -0.05) is 13.3 Å². The monoisotopic (exact) mass is 299 g/mol. The summed E-state index contributed by atoms with van der Waals surface area (Å²) >= 11 is 3.36. The lowest BCUT2D eigenvalue weighted by molar-refractivity contribution is -0.116. The summed E-state index contributed by atoms with van der Waals surface area (Å²) in [6.45, 7) is 3.93. The summed E-state index contributed by atoms with van der Waals surface area (Å²) in [6.07, 6.45) is 2.19. The van der Waals surface area contributed by atoms with Gasteiger partial charge in [0.05, 0.1) is 5.69 Å². The Morgan fingerprint density at radius 2 is 2.29 bits per heavy atom. The molecule has 0 saturated heterocycles. The van der Waals surface area contributed by atoms with Crippen LogP contribution in [-0.2, 0) is 4.79 Å². The number of nitrogens with one attached hydrogen (secondary N) is 1. The number of hydrogen-bond donors (Lipinski definition) is 2. The molecule has 1 rings (SSSR count). The van der Waals surface area contributed by atoms with Gasteiger partial charge in [-0.25, -0.2) is 4.98 Å². The molecule has 1 atom stereocenters. The number of halogens is 1. The Morgan fingerprint density at radius 3 is 2.88 bits per heavy atom. The van der Waals surface area contributed by atoms with E-state index in [9.17, 15) is 4.79 Å². The first-order chi connectivity index (χ1) is 8.02. The zero-order valence-electron chi connectivity index (χ0n) is 10.2. The van der Waals surface area contributed by atoms with Gasteiger partial charge in [0.2, 0.25) is 5.91 Å². The normalized spacial score (nSPS) is 12.2. The van der Waals surface area contributed by atoms with E-state index in [2.05, 4.69) is 33.2 Å². The second-order valence-corrected chi connectivity index (χ2v) is 4.92. The maximum absolute atomic E-state index is 11.7. The van der Waals surface area contributed by atoms with Gasteiger partial charge in [0, 0.05) is 16.9 Å². The highest BCUT2D eigenvalue weighted by Gasteiger charge is 2.09. The topological polar surface area (TPSA) is 68.0 Å². The standard InChI is InChI=1S/C12H18BrN3O/c1-3-4-9(14)7-12(17)16-11-6-5-10(13)8(2)15-11/h5-6,9H,3-4,7,14H2,1-2H3,(H,15,16,17). The molecule has 17 heavy (non-hydrogen) atoms. The molecule has 94 valence electrons. The summed E-state index contributed by atoms with van der Waals surface area (Å²) in [6, 6.07) is 3.56. The van der Waals surface area contributed by atoms with E-state index in [4.69, 9.17) is 5.73 Å². The second-order valence-electron chi connectivity index (χ2n) is 4.06. The third-order valence-corrected chi connectivity index (χ3v) is 3.23. The average Bonchev–Trinajstić information content (AvgIpc) is 2.23. The van der Waals surface area contributed by atoms with Crippen molar-refractivity contribution < 1.29 is 4.79 Å². The smallest absolute Gasteiger partial charge is 0.227 e. The van der Waals surface area contributed by atoms with E-state index in [0.717, 1.165) is 23.0 Å². The van der Waals surface area contributed by atoms with E-state index in [1.54, 1.807) is 6.07 Å². The molecule has 1 heterocycles. The molecule has 0 bridgehead atoms. The van der Waals surface area contributed by atoms with E-state index in [0.29, 0.717) is 12.2 Å². The van der Waals surface area contributed by atoms with Gasteiger partial charge < -0.3 is 11.1 Å². The number of nitrogens with zero attached hydrogens (tertiary/aromatic N) is 1. The van der Waals surface area contributed by atoms with E-state index >= 15 is 0 Å². The van der Waals surface area contributed by atoms with Crippen LogP contribution in [0.5, 0.6) is 0 Å². The largest absolute Gasteiger partial charge is 0.327 e. The van der Waals surface area contributed by atoms with Crippen LogP contribution in [0.3, 0.4) is 0 Å². The fourth-order valence-corrected chi connectivity index (χ4v) is 1.74. The number of hydrogen-bond acceptors (Lipinski definition) is 3. The number of nitrogens with two attached hydrogens (primary N) is 1. The molecule has 0 aliphatic rings. The van der Waals surface area contributed by atoms with Crippen molar-refractivity contribution in [2.75, 3.05) is 5.32 Å². The van der Waals surface area contributed by atoms with Crippen LogP contribution in [0.1, 0.15) is 31.9 Å². The first-order valence-electron chi connectivity index (χ1n) is 5.71. The van der Waals surface area contributed by atoms with Crippen LogP contribution in [0.25, 0.3) is 0 Å². The summed E-state index contributed by atoms with van der Waals surface area (Å²) in [7, 11) is 0. The molecule has 1 amide bonds. The molecule has 0 aromatic carbocycles. The Hall–Kier alpha value is -0.940. The molecule has 0 aliphatic carbocycles. The van der Waals surface area contributed by atoms with Crippen molar-refractivity contribution in [2.24, 2.45) is 5.73 Å². The number of carbonyl (C=O) groups excluding carboxylic acids is 1. The summed E-state index contributed by atoms with van der Waals surface area (Å²) < 4.78 is 0.929. The molecule has 0 radical (unpaired) electrons. The molecule has 1 unspecified atom stereocenters. The Bertz CT molecular complexity index is 395. The number of carbonyl (C=O) groups is 1. The lowest BCUT2D eigenvalue weighted by atomic mass is 10.1. The van der Waals surface area contributed by atoms with E-state index in [1.165, 1.54) is 0 Å². The SMILES string of the molecule is CCCC(N)CC(=O)Nc1ccc(Br)c(C)n1. The van der Waals surface area contributed by atoms with Gasteiger partial charge in [-0.2, -0.15) is 0 Å². The van der Waals surface area contributed by atoms with Crippen LogP contribution in [0.2, 0.25) is 0 Å². The number of aromatic nitrogens is 1. The van der Waals surface area contributed by atoms with E-state index in [-0.39, 0.29) is 11.9 Å². The number of rotatable bonds is 5. The maximum Gasteiger partial charge on any atom is 0.227 e. The predicted octanol–water partition coefficient (Wildman–Crippen LogP) is 2.61. The first kappa shape index (κ1) is 14.1. The molecule has 0 fully saturated rings. The third-order valence-electron chi connectivity index (χ3n) is 2.40. The van der Waals surface area contributed by atoms with Gasteiger partial charge in [-0.3, -0.25) is 4.79 Å². The predicted molar refractivity (Wildman–Crippen MR) is 72.8 cm³/mol. The summed E-state index contributed by atoms with van der Waals surface area (Å²) in [5.41, 5.74) is 6.65. The van der Waals surface area contributed by atoms with Crippen molar-refractivity contribution in [1.82, 2.24) is 4.98 Å². The molecule has 0 aliphatic heterocycles. The summed E-state index contributed by atoms with van der Waals surface area (Å²) in [5.74, 6) is 0.486. The van der Waals surface area contributed by atoms with Crippen molar-refractivity contribution >= 4 is 27.7 Å². The maximum atomic E-state index is 11.7. The highest BCUT2D eigenvalue weighted by atomic mass is 79.9. The van der Waals surface area contributed by atoms with E-state index < -0.39 is 0 Å². The van der Waals surface area contributed by atoms with Gasteiger partial charge in [-0.05, 0) is 41.4 Å². The van der Waals surface area contributed by atoms with Crippen LogP contribution < -0.4 is 11.1 Å². The average molecular weight is 300 g/mol. The van der Waals surface area contributed by atoms with Crippen molar-refractivity contribution in [2.45, 2.75) is 39.2 Å². The Labute approximate surface area is 110 Å². The lowest BCUT2D eigenvalue weighted by Gasteiger charge is -2.10. The molecule has 0 saturated carbocycles. The van der Waals surface area contributed by atoms with Gasteiger partial charge >= 0.3 is 0 Å². The molecule has 3 N–H and O–H groups in total. The molecule has 5 heteroatoms. The zero-order chi connectivity index (χ0) is 12.8. The first-order valence-corrected chi connectivity index (χ1v) is 6.50. The second kappa shape index (κ2) is 6.71. The molecule has 0 spiro atoms. The lowest BCUT2D eigenvalue weighted by Crippen LogP contribution is -2.27. The molecule has 4 nitrogen and oxygen atoms in total. The van der Waals surface area contributed by atoms with Crippen molar-refractivity contribution in [3.05, 3.63) is 22.3 Å². The van der Waals surface area contributed by atoms with Crippen molar-refractivity contribution in [3.8, 4) is 0 Å².